The number of carbonyl (C=O) groups excluding carboxylic acids is 1. The minimum Gasteiger partial charge on any atom is -0.493 e. The minimum atomic E-state index is -3.72. The van der Waals surface area contributed by atoms with Crippen LogP contribution in [0.15, 0.2) is 57.6 Å². The summed E-state index contributed by atoms with van der Waals surface area (Å²) in [7, 11) is -2.21. The molecule has 0 bridgehead atoms. The Hall–Kier alpha value is -3.24. The molecule has 152 valence electrons. The third-order valence-electron chi connectivity index (χ3n) is 4.06. The van der Waals surface area contributed by atoms with Gasteiger partial charge >= 0.3 is 0 Å². The fourth-order valence-electron chi connectivity index (χ4n) is 2.78. The van der Waals surface area contributed by atoms with Crippen LogP contribution in [0.1, 0.15) is 24.2 Å². The van der Waals surface area contributed by atoms with Crippen molar-refractivity contribution in [3.05, 3.63) is 48.0 Å². The van der Waals surface area contributed by atoms with Gasteiger partial charge in [-0.15, -0.1) is 10.2 Å². The van der Waals surface area contributed by atoms with E-state index in [2.05, 4.69) is 25.3 Å². The van der Waals surface area contributed by atoms with Crippen LogP contribution in [-0.2, 0) is 10.0 Å². The summed E-state index contributed by atoms with van der Waals surface area (Å²) in [5.41, 5.74) is 1.21. The van der Waals surface area contributed by atoms with Gasteiger partial charge in [-0.1, -0.05) is 12.1 Å². The Bertz CT molecular complexity index is 1200. The number of amides is 1. The number of nitrogens with one attached hydrogen (secondary N) is 3. The van der Waals surface area contributed by atoms with Gasteiger partial charge in [0.2, 0.25) is 15.9 Å². The van der Waals surface area contributed by atoms with E-state index >= 15 is 0 Å². The van der Waals surface area contributed by atoms with Crippen LogP contribution in [-0.4, -0.2) is 37.5 Å². The van der Waals surface area contributed by atoms with Gasteiger partial charge in [0.05, 0.1) is 21.7 Å². The molecule has 0 aliphatic rings. The van der Waals surface area contributed by atoms with Crippen molar-refractivity contribution in [3.8, 4) is 5.88 Å². The SMILES string of the molecule is CNC(=O)c1ccccc1N=Nc1c(O)[nH]c2ccc(S(=O)(=O)NC(C)C)cc12. The highest BCUT2D eigenvalue weighted by molar-refractivity contribution is 7.89. The standard InChI is InChI=1S/C19H21N5O4S/c1-11(2)24-29(27,28)12-8-9-15-14(10-12)17(19(26)21-15)23-22-16-7-5-4-6-13(16)18(25)20-3/h4-11,21,24,26H,1-3H3,(H,20,25). The summed E-state index contributed by atoms with van der Waals surface area (Å²) in [5, 5.41) is 21.3. The Balaban J connectivity index is 2.07. The first-order valence-electron chi connectivity index (χ1n) is 8.83. The number of fused-ring (bicyclic) bond motifs is 1. The van der Waals surface area contributed by atoms with Crippen molar-refractivity contribution in [1.29, 1.82) is 0 Å². The highest BCUT2D eigenvalue weighted by Crippen LogP contribution is 2.37. The highest BCUT2D eigenvalue weighted by atomic mass is 32.2. The molecule has 9 nitrogen and oxygen atoms in total. The van der Waals surface area contributed by atoms with E-state index in [4.69, 9.17) is 0 Å². The van der Waals surface area contributed by atoms with E-state index in [0.717, 1.165) is 0 Å². The second-order valence-electron chi connectivity index (χ2n) is 6.60. The molecule has 1 aromatic heterocycles. The zero-order chi connectivity index (χ0) is 21.2. The Morgan fingerprint density at radius 1 is 1.14 bits per heavy atom. The van der Waals surface area contributed by atoms with Gasteiger partial charge in [0.15, 0.2) is 5.69 Å². The molecule has 0 spiro atoms. The molecule has 2 aromatic carbocycles. The van der Waals surface area contributed by atoms with Gasteiger partial charge in [-0.2, -0.15) is 0 Å². The molecule has 3 rings (SSSR count). The summed E-state index contributed by atoms with van der Waals surface area (Å²) < 4.78 is 27.4. The normalized spacial score (nSPS) is 12.1. The molecule has 0 aliphatic heterocycles. The number of H-pyrrole nitrogens is 1. The minimum absolute atomic E-state index is 0.0416. The number of rotatable bonds is 6. The van der Waals surface area contributed by atoms with Gasteiger partial charge in [0, 0.05) is 18.5 Å². The molecule has 0 unspecified atom stereocenters. The van der Waals surface area contributed by atoms with E-state index in [1.165, 1.54) is 19.2 Å². The largest absolute Gasteiger partial charge is 0.493 e. The first-order valence-corrected chi connectivity index (χ1v) is 10.3. The molecule has 4 N–H and O–H groups in total. The predicted octanol–water partition coefficient (Wildman–Crippen LogP) is 3.34. The van der Waals surface area contributed by atoms with Gasteiger partial charge in [0.25, 0.3) is 5.91 Å². The smallest absolute Gasteiger partial charge is 0.253 e. The van der Waals surface area contributed by atoms with Gasteiger partial charge in [-0.3, -0.25) is 4.79 Å². The molecule has 0 saturated heterocycles. The number of aromatic hydroxyl groups is 1. The molecule has 0 aliphatic carbocycles. The Labute approximate surface area is 167 Å². The Morgan fingerprint density at radius 3 is 2.55 bits per heavy atom. The van der Waals surface area contributed by atoms with E-state index in [0.29, 0.717) is 22.2 Å². The summed E-state index contributed by atoms with van der Waals surface area (Å²) in [5.74, 6) is -0.580. The van der Waals surface area contributed by atoms with Gasteiger partial charge in [0.1, 0.15) is 0 Å². The molecular weight excluding hydrogens is 394 g/mol. The second-order valence-corrected chi connectivity index (χ2v) is 8.32. The fraction of sp³-hybridized carbons (Fsp3) is 0.211. The van der Waals surface area contributed by atoms with Crippen molar-refractivity contribution in [3.63, 3.8) is 0 Å². The predicted molar refractivity (Wildman–Crippen MR) is 109 cm³/mol. The third-order valence-corrected chi connectivity index (χ3v) is 5.71. The molecule has 1 amide bonds. The lowest BCUT2D eigenvalue weighted by molar-refractivity contribution is 0.0963. The van der Waals surface area contributed by atoms with E-state index in [1.54, 1.807) is 44.2 Å². The topological polar surface area (TPSA) is 136 Å². The number of benzene rings is 2. The van der Waals surface area contributed by atoms with Crippen molar-refractivity contribution in [2.75, 3.05) is 7.05 Å². The average Bonchev–Trinajstić information content (AvgIpc) is 2.99. The monoisotopic (exact) mass is 415 g/mol. The van der Waals surface area contributed by atoms with Crippen molar-refractivity contribution < 1.29 is 18.3 Å². The zero-order valence-electron chi connectivity index (χ0n) is 16.1. The second kappa shape index (κ2) is 8.02. The van der Waals surface area contributed by atoms with Gasteiger partial charge in [-0.05, 0) is 44.2 Å². The van der Waals surface area contributed by atoms with E-state index in [-0.39, 0.29) is 28.4 Å². The number of aromatic amines is 1. The molecular formula is C19H21N5O4S. The third kappa shape index (κ3) is 4.28. The van der Waals surface area contributed by atoms with Gasteiger partial charge in [-0.25, -0.2) is 13.1 Å². The van der Waals surface area contributed by atoms with Crippen molar-refractivity contribution >= 4 is 38.2 Å². The van der Waals surface area contributed by atoms with E-state index < -0.39 is 10.0 Å². The number of sulfonamides is 1. The molecule has 0 radical (unpaired) electrons. The summed E-state index contributed by atoms with van der Waals surface area (Å²) in [6.07, 6.45) is 0. The average molecular weight is 415 g/mol. The van der Waals surface area contributed by atoms with Crippen molar-refractivity contribution in [2.45, 2.75) is 24.8 Å². The number of hydrogen-bond donors (Lipinski definition) is 4. The van der Waals surface area contributed by atoms with Crippen molar-refractivity contribution in [2.24, 2.45) is 10.2 Å². The van der Waals surface area contributed by atoms with Gasteiger partial charge < -0.3 is 15.4 Å². The highest BCUT2D eigenvalue weighted by Gasteiger charge is 2.19. The fourth-order valence-corrected chi connectivity index (χ4v) is 4.06. The van der Waals surface area contributed by atoms with E-state index in [1.807, 2.05) is 0 Å². The Kier molecular flexibility index (Phi) is 5.66. The van der Waals surface area contributed by atoms with Crippen LogP contribution in [0, 0.1) is 0 Å². The number of carbonyl (C=O) groups is 1. The molecule has 0 fully saturated rings. The first kappa shape index (κ1) is 20.5. The lowest BCUT2D eigenvalue weighted by Crippen LogP contribution is -2.30. The zero-order valence-corrected chi connectivity index (χ0v) is 16.9. The first-order chi connectivity index (χ1) is 13.7. The number of aromatic nitrogens is 1. The van der Waals surface area contributed by atoms with Crippen LogP contribution in [0.25, 0.3) is 10.9 Å². The molecule has 10 heteroatoms. The quantitative estimate of drug-likeness (QED) is 0.459. The van der Waals surface area contributed by atoms with Crippen molar-refractivity contribution in [1.82, 2.24) is 15.0 Å². The van der Waals surface area contributed by atoms with Crippen LogP contribution in [0.2, 0.25) is 0 Å². The van der Waals surface area contributed by atoms with Crippen LogP contribution >= 0.6 is 0 Å². The molecule has 29 heavy (non-hydrogen) atoms. The number of azo groups is 1. The number of nitrogens with zero attached hydrogens (tertiary/aromatic N) is 2. The maximum Gasteiger partial charge on any atom is 0.253 e. The molecule has 0 atom stereocenters. The lowest BCUT2D eigenvalue weighted by atomic mass is 10.2. The van der Waals surface area contributed by atoms with Crippen LogP contribution in [0.5, 0.6) is 5.88 Å². The molecule has 1 heterocycles. The van der Waals surface area contributed by atoms with Crippen LogP contribution in [0.4, 0.5) is 11.4 Å². The van der Waals surface area contributed by atoms with Crippen LogP contribution < -0.4 is 10.0 Å². The summed E-state index contributed by atoms with van der Waals surface area (Å²) >= 11 is 0. The molecule has 3 aromatic rings. The summed E-state index contributed by atoms with van der Waals surface area (Å²) in [4.78, 5) is 14.8. The maximum absolute atomic E-state index is 12.5. The van der Waals surface area contributed by atoms with E-state index in [9.17, 15) is 18.3 Å². The van der Waals surface area contributed by atoms with Crippen LogP contribution in [0.3, 0.4) is 0 Å². The Morgan fingerprint density at radius 2 is 1.86 bits per heavy atom. The molecule has 0 saturated carbocycles. The summed E-state index contributed by atoms with van der Waals surface area (Å²) in [6, 6.07) is 10.7. The maximum atomic E-state index is 12.5. The number of hydrogen-bond acceptors (Lipinski definition) is 6. The lowest BCUT2D eigenvalue weighted by Gasteiger charge is -2.09. The summed E-state index contributed by atoms with van der Waals surface area (Å²) in [6.45, 7) is 3.45.